The van der Waals surface area contributed by atoms with Crippen molar-refractivity contribution in [1.29, 1.82) is 0 Å². The number of nitrogens with one attached hydrogen (secondary N) is 1. The van der Waals surface area contributed by atoms with Gasteiger partial charge in [0.15, 0.2) is 0 Å². The first-order valence-electron chi connectivity index (χ1n) is 9.99. The van der Waals surface area contributed by atoms with E-state index >= 15 is 0 Å². The van der Waals surface area contributed by atoms with E-state index in [1.165, 1.54) is 4.90 Å². The fourth-order valence-corrected chi connectivity index (χ4v) is 3.50. The number of halogens is 1. The number of alkyl halides is 1. The standard InChI is InChI=1S/C22H26FN5O2/c1-14-8-9-28-18(11-24-20(28)10-14)16-6-5-7-19(25-16)26-17-13-27(12-15(17)23)21(29)30-22(2,3)4/h5-11,15,17H,12-13H2,1-4H3,(H,25,26)/t15-,17-/m0/s1. The number of anilines is 1. The lowest BCUT2D eigenvalue weighted by atomic mass is 10.2. The molecule has 7 nitrogen and oxygen atoms in total. The molecule has 0 aliphatic carbocycles. The maximum atomic E-state index is 14.6. The van der Waals surface area contributed by atoms with Gasteiger partial charge in [0.05, 0.1) is 30.2 Å². The summed E-state index contributed by atoms with van der Waals surface area (Å²) < 4.78 is 21.9. The van der Waals surface area contributed by atoms with E-state index in [1.54, 1.807) is 33.0 Å². The van der Waals surface area contributed by atoms with Gasteiger partial charge in [-0.1, -0.05) is 6.07 Å². The Morgan fingerprint density at radius 1 is 1.27 bits per heavy atom. The van der Waals surface area contributed by atoms with E-state index in [2.05, 4.69) is 15.3 Å². The molecule has 3 aromatic rings. The number of likely N-dealkylation sites (tertiary alicyclic amines) is 1. The van der Waals surface area contributed by atoms with E-state index < -0.39 is 23.9 Å². The lowest BCUT2D eigenvalue weighted by Gasteiger charge is -2.24. The molecule has 0 unspecified atom stereocenters. The average molecular weight is 411 g/mol. The van der Waals surface area contributed by atoms with Crippen LogP contribution in [-0.4, -0.2) is 56.3 Å². The van der Waals surface area contributed by atoms with Gasteiger partial charge < -0.3 is 15.0 Å². The normalized spacial score (nSPS) is 19.3. The van der Waals surface area contributed by atoms with Crippen molar-refractivity contribution in [3.8, 4) is 11.4 Å². The number of fused-ring (bicyclic) bond motifs is 1. The van der Waals surface area contributed by atoms with Crippen molar-refractivity contribution in [3.05, 3.63) is 48.3 Å². The molecule has 0 spiro atoms. The van der Waals surface area contributed by atoms with Crippen molar-refractivity contribution in [3.63, 3.8) is 0 Å². The van der Waals surface area contributed by atoms with E-state index in [-0.39, 0.29) is 13.1 Å². The summed E-state index contributed by atoms with van der Waals surface area (Å²) in [6.45, 7) is 7.62. The molecule has 0 radical (unpaired) electrons. The molecular formula is C22H26FN5O2. The molecule has 4 rings (SSSR count). The number of carbonyl (C=O) groups excluding carboxylic acids is 1. The van der Waals surface area contributed by atoms with Crippen molar-refractivity contribution in [2.45, 2.75) is 45.5 Å². The van der Waals surface area contributed by atoms with Gasteiger partial charge in [-0.15, -0.1) is 0 Å². The van der Waals surface area contributed by atoms with E-state index in [4.69, 9.17) is 4.74 Å². The first-order valence-corrected chi connectivity index (χ1v) is 9.99. The molecule has 1 fully saturated rings. The predicted molar refractivity (Wildman–Crippen MR) is 113 cm³/mol. The Hall–Kier alpha value is -3.16. The molecule has 1 aliphatic rings. The molecule has 30 heavy (non-hydrogen) atoms. The van der Waals surface area contributed by atoms with Gasteiger partial charge in [-0.25, -0.2) is 19.2 Å². The molecule has 4 heterocycles. The summed E-state index contributed by atoms with van der Waals surface area (Å²) in [4.78, 5) is 22.7. The molecule has 0 saturated carbocycles. The average Bonchev–Trinajstić information content (AvgIpc) is 3.24. The van der Waals surface area contributed by atoms with Crippen molar-refractivity contribution in [2.75, 3.05) is 18.4 Å². The second kappa shape index (κ2) is 7.59. The third-order valence-electron chi connectivity index (χ3n) is 4.91. The maximum Gasteiger partial charge on any atom is 0.410 e. The second-order valence-corrected chi connectivity index (χ2v) is 8.64. The molecule has 1 aliphatic heterocycles. The molecule has 0 aromatic carbocycles. The summed E-state index contributed by atoms with van der Waals surface area (Å²) in [6.07, 6.45) is 2.03. The lowest BCUT2D eigenvalue weighted by Crippen LogP contribution is -2.36. The van der Waals surface area contributed by atoms with E-state index in [1.807, 2.05) is 41.8 Å². The molecule has 8 heteroatoms. The number of carbonyl (C=O) groups is 1. The smallest absolute Gasteiger partial charge is 0.410 e. The molecular weight excluding hydrogens is 385 g/mol. The second-order valence-electron chi connectivity index (χ2n) is 8.64. The first kappa shape index (κ1) is 20.1. The van der Waals surface area contributed by atoms with Crippen LogP contribution < -0.4 is 5.32 Å². The molecule has 3 aromatic heterocycles. The van der Waals surface area contributed by atoms with Crippen LogP contribution in [-0.2, 0) is 4.74 Å². The SMILES string of the molecule is Cc1ccn2c(-c3cccc(N[C@H]4CN(C(=O)OC(C)(C)C)C[C@@H]4F)n3)cnc2c1. The van der Waals surface area contributed by atoms with Gasteiger partial charge in [-0.3, -0.25) is 4.40 Å². The number of pyridine rings is 2. The summed E-state index contributed by atoms with van der Waals surface area (Å²) in [7, 11) is 0. The number of aryl methyl sites for hydroxylation is 1. The summed E-state index contributed by atoms with van der Waals surface area (Å²) in [5.41, 5.74) is 2.95. The van der Waals surface area contributed by atoms with Crippen LogP contribution in [0.2, 0.25) is 0 Å². The fraction of sp³-hybridized carbons (Fsp3) is 0.409. The Bertz CT molecular complexity index is 1070. The Morgan fingerprint density at radius 2 is 2.07 bits per heavy atom. The summed E-state index contributed by atoms with van der Waals surface area (Å²) in [5.74, 6) is 0.549. The number of ether oxygens (including phenoxy) is 1. The minimum Gasteiger partial charge on any atom is -0.444 e. The summed E-state index contributed by atoms with van der Waals surface area (Å²) in [6, 6.07) is 9.01. The number of aromatic nitrogens is 3. The van der Waals surface area contributed by atoms with Crippen molar-refractivity contribution < 1.29 is 13.9 Å². The number of rotatable bonds is 3. The van der Waals surface area contributed by atoms with E-state index in [0.29, 0.717) is 5.82 Å². The zero-order valence-electron chi connectivity index (χ0n) is 17.6. The zero-order chi connectivity index (χ0) is 21.5. The van der Waals surface area contributed by atoms with Gasteiger partial charge in [0.2, 0.25) is 0 Å². The van der Waals surface area contributed by atoms with E-state index in [9.17, 15) is 9.18 Å². The van der Waals surface area contributed by atoms with Crippen LogP contribution in [0.5, 0.6) is 0 Å². The van der Waals surface area contributed by atoms with Crippen molar-refractivity contribution >= 4 is 17.6 Å². The number of nitrogens with zero attached hydrogens (tertiary/aromatic N) is 4. The van der Waals surface area contributed by atoms with Crippen LogP contribution in [0.25, 0.3) is 17.0 Å². The minimum atomic E-state index is -1.21. The zero-order valence-corrected chi connectivity index (χ0v) is 17.6. The molecule has 0 bridgehead atoms. The highest BCUT2D eigenvalue weighted by molar-refractivity contribution is 5.69. The molecule has 2 atom stereocenters. The largest absolute Gasteiger partial charge is 0.444 e. The Morgan fingerprint density at radius 3 is 2.83 bits per heavy atom. The van der Waals surface area contributed by atoms with Gasteiger partial charge in [0.25, 0.3) is 0 Å². The van der Waals surface area contributed by atoms with Crippen LogP contribution >= 0.6 is 0 Å². The van der Waals surface area contributed by atoms with Crippen LogP contribution in [0.3, 0.4) is 0 Å². The number of amides is 1. The van der Waals surface area contributed by atoms with Gasteiger partial charge >= 0.3 is 6.09 Å². The number of hydrogen-bond acceptors (Lipinski definition) is 5. The highest BCUT2D eigenvalue weighted by Crippen LogP contribution is 2.24. The van der Waals surface area contributed by atoms with Crippen LogP contribution in [0.15, 0.2) is 42.7 Å². The lowest BCUT2D eigenvalue weighted by molar-refractivity contribution is 0.0283. The topological polar surface area (TPSA) is 71.8 Å². The van der Waals surface area contributed by atoms with Gasteiger partial charge in [-0.05, 0) is 57.5 Å². The summed E-state index contributed by atoms with van der Waals surface area (Å²) in [5, 5.41) is 3.13. The third-order valence-corrected chi connectivity index (χ3v) is 4.91. The highest BCUT2D eigenvalue weighted by Gasteiger charge is 2.37. The fourth-order valence-electron chi connectivity index (χ4n) is 3.50. The summed E-state index contributed by atoms with van der Waals surface area (Å²) >= 11 is 0. The Kier molecular flexibility index (Phi) is 5.09. The van der Waals surface area contributed by atoms with Gasteiger partial charge in [-0.2, -0.15) is 0 Å². The van der Waals surface area contributed by atoms with Crippen molar-refractivity contribution in [2.24, 2.45) is 0 Å². The van der Waals surface area contributed by atoms with Crippen LogP contribution in [0.1, 0.15) is 26.3 Å². The van der Waals surface area contributed by atoms with Crippen LogP contribution in [0.4, 0.5) is 15.0 Å². The Labute approximate surface area is 174 Å². The Balaban J connectivity index is 1.50. The number of imidazole rings is 1. The van der Waals surface area contributed by atoms with Gasteiger partial charge in [0.1, 0.15) is 23.2 Å². The third kappa shape index (κ3) is 4.22. The van der Waals surface area contributed by atoms with Gasteiger partial charge in [0, 0.05) is 12.7 Å². The van der Waals surface area contributed by atoms with Crippen molar-refractivity contribution in [1.82, 2.24) is 19.3 Å². The monoisotopic (exact) mass is 411 g/mol. The molecule has 1 amide bonds. The first-order chi connectivity index (χ1) is 14.2. The highest BCUT2D eigenvalue weighted by atomic mass is 19.1. The quantitative estimate of drug-likeness (QED) is 0.703. The maximum absolute atomic E-state index is 14.6. The number of hydrogen-bond donors (Lipinski definition) is 1. The molecule has 1 saturated heterocycles. The molecule has 1 N–H and O–H groups in total. The van der Waals surface area contributed by atoms with E-state index in [0.717, 1.165) is 22.6 Å². The predicted octanol–water partition coefficient (Wildman–Crippen LogP) is 4.07. The van der Waals surface area contributed by atoms with Crippen LogP contribution in [0, 0.1) is 6.92 Å². The minimum absolute atomic E-state index is 0.00111. The molecule has 158 valence electrons.